The van der Waals surface area contributed by atoms with Gasteiger partial charge in [-0.1, -0.05) is 42.5 Å². The number of allylic oxidation sites excluding steroid dienone is 1. The summed E-state index contributed by atoms with van der Waals surface area (Å²) in [6.45, 7) is 0. The number of hydrogen-bond donors (Lipinski definition) is 2. The van der Waals surface area contributed by atoms with Crippen LogP contribution in [0.5, 0.6) is 17.2 Å². The summed E-state index contributed by atoms with van der Waals surface area (Å²) in [4.78, 5) is 13.7. The molecule has 0 radical (unpaired) electrons. The number of para-hydroxylation sites is 2. The van der Waals surface area contributed by atoms with Crippen molar-refractivity contribution in [2.75, 3.05) is 32.0 Å². The number of carbonyl (C=O) groups excluding carboxylic acids is 1. The molecule has 0 bridgehead atoms. The van der Waals surface area contributed by atoms with Gasteiger partial charge in [0.05, 0.1) is 38.7 Å². The van der Waals surface area contributed by atoms with E-state index < -0.39 is 0 Å². The lowest BCUT2D eigenvalue weighted by atomic mass is 9.78. The molecule has 2 N–H and O–H groups in total. The van der Waals surface area contributed by atoms with Crippen molar-refractivity contribution in [3.05, 3.63) is 89.1 Å². The lowest BCUT2D eigenvalue weighted by Gasteiger charge is -2.30. The van der Waals surface area contributed by atoms with E-state index >= 15 is 0 Å². The van der Waals surface area contributed by atoms with Crippen LogP contribution in [-0.2, 0) is 4.79 Å². The molecule has 0 spiro atoms. The molecule has 3 aromatic rings. The summed E-state index contributed by atoms with van der Waals surface area (Å²) in [5.74, 6) is 1.83. The fourth-order valence-corrected chi connectivity index (χ4v) is 4.96. The van der Waals surface area contributed by atoms with Gasteiger partial charge in [0.2, 0.25) is 5.75 Å². The predicted octanol–water partition coefficient (Wildman–Crippen LogP) is 5.69. The number of fused-ring (bicyclic) bond motifs is 1. The van der Waals surface area contributed by atoms with Gasteiger partial charge in [-0.3, -0.25) is 4.79 Å². The average molecular weight is 457 g/mol. The SMILES string of the molecule is COc1cc(C2CC(=O)C3=C(C2)Nc2ccccc2NC3c2ccccc2)cc(OC)c1OC. The molecule has 0 amide bonds. The summed E-state index contributed by atoms with van der Waals surface area (Å²) < 4.78 is 16.6. The standard InChI is InChI=1S/C28H28N2O4/c1-32-24-15-19(16-25(33-2)28(24)34-3)18-13-22-26(23(31)14-18)27(17-9-5-4-6-10-17)30-21-12-8-7-11-20(21)29-22/h4-12,15-16,18,27,29-30H,13-14H2,1-3H3. The summed E-state index contributed by atoms with van der Waals surface area (Å²) in [5, 5.41) is 7.19. The molecule has 1 aliphatic carbocycles. The van der Waals surface area contributed by atoms with Crippen LogP contribution in [0.3, 0.4) is 0 Å². The van der Waals surface area contributed by atoms with Crippen molar-refractivity contribution in [3.63, 3.8) is 0 Å². The Kier molecular flexibility index (Phi) is 5.88. The molecule has 0 saturated heterocycles. The van der Waals surface area contributed by atoms with Gasteiger partial charge in [0.1, 0.15) is 0 Å². The van der Waals surface area contributed by atoms with Crippen LogP contribution in [0.4, 0.5) is 11.4 Å². The van der Waals surface area contributed by atoms with Crippen molar-refractivity contribution in [1.29, 1.82) is 0 Å². The number of ether oxygens (including phenoxy) is 3. The van der Waals surface area contributed by atoms with E-state index in [1.165, 1.54) is 0 Å². The molecule has 2 atom stereocenters. The van der Waals surface area contributed by atoms with Gasteiger partial charge >= 0.3 is 0 Å². The summed E-state index contributed by atoms with van der Waals surface area (Å²) >= 11 is 0. The highest BCUT2D eigenvalue weighted by atomic mass is 16.5. The van der Waals surface area contributed by atoms with Gasteiger partial charge in [-0.15, -0.1) is 0 Å². The largest absolute Gasteiger partial charge is 0.493 e. The van der Waals surface area contributed by atoms with Crippen molar-refractivity contribution in [2.45, 2.75) is 24.8 Å². The first kappa shape index (κ1) is 21.9. The third kappa shape index (κ3) is 3.85. The molecule has 1 heterocycles. The van der Waals surface area contributed by atoms with E-state index in [0.717, 1.165) is 33.8 Å². The third-order valence-electron chi connectivity index (χ3n) is 6.60. The second-order valence-corrected chi connectivity index (χ2v) is 8.54. The Balaban J connectivity index is 1.59. The third-order valence-corrected chi connectivity index (χ3v) is 6.60. The molecule has 0 aromatic heterocycles. The number of anilines is 2. The minimum atomic E-state index is -0.222. The number of rotatable bonds is 5. The smallest absolute Gasteiger partial charge is 0.203 e. The van der Waals surface area contributed by atoms with Crippen LogP contribution in [0.2, 0.25) is 0 Å². The fraction of sp³-hybridized carbons (Fsp3) is 0.250. The first-order valence-electron chi connectivity index (χ1n) is 11.4. The van der Waals surface area contributed by atoms with Crippen LogP contribution in [0.15, 0.2) is 78.0 Å². The maximum Gasteiger partial charge on any atom is 0.203 e. The Morgan fingerprint density at radius 3 is 2.06 bits per heavy atom. The van der Waals surface area contributed by atoms with Gasteiger partial charge in [0, 0.05) is 17.7 Å². The van der Waals surface area contributed by atoms with E-state index in [1.54, 1.807) is 21.3 Å². The zero-order chi connectivity index (χ0) is 23.7. The van der Waals surface area contributed by atoms with Gasteiger partial charge in [-0.25, -0.2) is 0 Å². The lowest BCUT2D eigenvalue weighted by molar-refractivity contribution is -0.116. The highest BCUT2D eigenvalue weighted by molar-refractivity contribution is 6.01. The molecule has 0 fully saturated rings. The quantitative estimate of drug-likeness (QED) is 0.514. The minimum absolute atomic E-state index is 0.0193. The number of benzene rings is 3. The van der Waals surface area contributed by atoms with Crippen molar-refractivity contribution in [3.8, 4) is 17.2 Å². The molecule has 174 valence electrons. The summed E-state index contributed by atoms with van der Waals surface area (Å²) in [6.07, 6.45) is 1.10. The van der Waals surface area contributed by atoms with Gasteiger partial charge in [0.15, 0.2) is 17.3 Å². The van der Waals surface area contributed by atoms with Crippen molar-refractivity contribution in [2.24, 2.45) is 0 Å². The summed E-state index contributed by atoms with van der Waals surface area (Å²) in [6, 6.07) is 21.9. The van der Waals surface area contributed by atoms with Crippen molar-refractivity contribution >= 4 is 17.2 Å². The molecular formula is C28H28N2O4. The number of ketones is 1. The van der Waals surface area contributed by atoms with Crippen LogP contribution in [0.1, 0.15) is 35.9 Å². The van der Waals surface area contributed by atoms with Crippen LogP contribution in [0.25, 0.3) is 0 Å². The lowest BCUT2D eigenvalue weighted by Crippen LogP contribution is -2.26. The Bertz CT molecular complexity index is 1230. The highest BCUT2D eigenvalue weighted by Crippen LogP contribution is 2.47. The van der Waals surface area contributed by atoms with Crippen LogP contribution in [0, 0.1) is 0 Å². The second kappa shape index (κ2) is 9.14. The van der Waals surface area contributed by atoms with Crippen molar-refractivity contribution in [1.82, 2.24) is 0 Å². The second-order valence-electron chi connectivity index (χ2n) is 8.54. The molecule has 0 saturated carbocycles. The highest BCUT2D eigenvalue weighted by Gasteiger charge is 2.36. The maximum absolute atomic E-state index is 13.7. The van der Waals surface area contributed by atoms with E-state index in [-0.39, 0.29) is 17.7 Å². The van der Waals surface area contributed by atoms with E-state index in [0.29, 0.717) is 30.1 Å². The topological polar surface area (TPSA) is 68.8 Å². The normalized spacial score (nSPS) is 19.2. The monoisotopic (exact) mass is 456 g/mol. The predicted molar refractivity (Wildman–Crippen MR) is 133 cm³/mol. The van der Waals surface area contributed by atoms with Gasteiger partial charge in [0.25, 0.3) is 0 Å². The van der Waals surface area contributed by atoms with E-state index in [4.69, 9.17) is 14.2 Å². The number of nitrogens with one attached hydrogen (secondary N) is 2. The Labute approximate surface area is 199 Å². The van der Waals surface area contributed by atoms with E-state index in [2.05, 4.69) is 22.8 Å². The number of hydrogen-bond acceptors (Lipinski definition) is 6. The van der Waals surface area contributed by atoms with Gasteiger partial charge in [-0.2, -0.15) is 0 Å². The Morgan fingerprint density at radius 1 is 0.765 bits per heavy atom. The Morgan fingerprint density at radius 2 is 1.41 bits per heavy atom. The first-order chi connectivity index (χ1) is 16.6. The molecule has 6 heteroatoms. The molecular weight excluding hydrogens is 428 g/mol. The molecule has 2 aliphatic rings. The molecule has 34 heavy (non-hydrogen) atoms. The van der Waals surface area contributed by atoms with Gasteiger partial charge < -0.3 is 24.8 Å². The molecule has 5 rings (SSSR count). The zero-order valence-electron chi connectivity index (χ0n) is 19.6. The number of Topliss-reactive ketones (excluding diaryl/α,β-unsaturated/α-hetero) is 1. The average Bonchev–Trinajstić information content (AvgIpc) is 3.05. The van der Waals surface area contributed by atoms with Gasteiger partial charge in [-0.05, 0) is 47.7 Å². The molecule has 6 nitrogen and oxygen atoms in total. The first-order valence-corrected chi connectivity index (χ1v) is 11.4. The number of methoxy groups -OCH3 is 3. The molecule has 1 aliphatic heterocycles. The maximum atomic E-state index is 13.7. The van der Waals surface area contributed by atoms with Crippen LogP contribution >= 0.6 is 0 Å². The fourth-order valence-electron chi connectivity index (χ4n) is 4.96. The molecule has 3 aromatic carbocycles. The summed E-state index contributed by atoms with van der Waals surface area (Å²) in [7, 11) is 4.80. The van der Waals surface area contributed by atoms with Crippen molar-refractivity contribution < 1.29 is 19.0 Å². The Hall–Kier alpha value is -3.93. The minimum Gasteiger partial charge on any atom is -0.493 e. The molecule has 2 unspecified atom stereocenters. The number of carbonyl (C=O) groups is 1. The van der Waals surface area contributed by atoms with E-state index in [9.17, 15) is 4.79 Å². The van der Waals surface area contributed by atoms with Crippen LogP contribution < -0.4 is 24.8 Å². The van der Waals surface area contributed by atoms with E-state index in [1.807, 2.05) is 54.6 Å². The zero-order valence-corrected chi connectivity index (χ0v) is 19.6. The van der Waals surface area contributed by atoms with Crippen LogP contribution in [-0.4, -0.2) is 27.1 Å². The summed E-state index contributed by atoms with van der Waals surface area (Å²) in [5.41, 5.74) is 5.73.